The Morgan fingerprint density at radius 2 is 1.81 bits per heavy atom. The van der Waals surface area contributed by atoms with Gasteiger partial charge in [0.2, 0.25) is 0 Å². The summed E-state index contributed by atoms with van der Waals surface area (Å²) in [6, 6.07) is 12.5. The fourth-order valence-electron chi connectivity index (χ4n) is 2.08. The van der Waals surface area contributed by atoms with Crippen molar-refractivity contribution in [1.29, 1.82) is 0 Å². The molecule has 0 saturated heterocycles. The first kappa shape index (κ1) is 10.8. The van der Waals surface area contributed by atoms with Gasteiger partial charge in [0.25, 0.3) is 0 Å². The van der Waals surface area contributed by atoms with Crippen LogP contribution in [0.15, 0.2) is 36.4 Å². The van der Waals surface area contributed by atoms with E-state index in [9.17, 15) is 0 Å². The molecule has 0 unspecified atom stereocenters. The molecule has 0 saturated carbocycles. The Labute approximate surface area is 96.7 Å². The van der Waals surface area contributed by atoms with E-state index in [-0.39, 0.29) is 0 Å². The summed E-state index contributed by atoms with van der Waals surface area (Å²) in [5.41, 5.74) is 8.05. The molecule has 2 heteroatoms. The molecule has 0 amide bonds. The fourth-order valence-corrected chi connectivity index (χ4v) is 2.08. The van der Waals surface area contributed by atoms with Gasteiger partial charge in [0.1, 0.15) is 0 Å². The van der Waals surface area contributed by atoms with Gasteiger partial charge in [-0.25, -0.2) is 0 Å². The quantitative estimate of drug-likeness (QED) is 0.794. The van der Waals surface area contributed by atoms with Gasteiger partial charge in [-0.1, -0.05) is 18.2 Å². The van der Waals surface area contributed by atoms with Gasteiger partial charge >= 0.3 is 0 Å². The van der Waals surface area contributed by atoms with E-state index in [1.165, 1.54) is 11.1 Å². The second kappa shape index (κ2) is 4.44. The molecule has 2 aromatic carbocycles. The third-order valence-corrected chi connectivity index (χ3v) is 3.03. The predicted molar refractivity (Wildman–Crippen MR) is 71.9 cm³/mol. The van der Waals surface area contributed by atoms with Crippen LogP contribution in [0.4, 0.5) is 11.4 Å². The summed E-state index contributed by atoms with van der Waals surface area (Å²) < 4.78 is 0. The molecule has 0 spiro atoms. The van der Waals surface area contributed by atoms with Crippen molar-refractivity contribution < 1.29 is 0 Å². The summed E-state index contributed by atoms with van der Waals surface area (Å²) in [7, 11) is 0. The van der Waals surface area contributed by atoms with E-state index in [0.717, 1.165) is 24.2 Å². The van der Waals surface area contributed by atoms with Crippen LogP contribution in [0.3, 0.4) is 0 Å². The molecular formula is C14H18N2. The monoisotopic (exact) mass is 214 g/mol. The van der Waals surface area contributed by atoms with Crippen LogP contribution >= 0.6 is 0 Å². The highest BCUT2D eigenvalue weighted by Crippen LogP contribution is 2.25. The van der Waals surface area contributed by atoms with E-state index in [2.05, 4.69) is 43.0 Å². The standard InChI is InChI=1S/C14H18N2/c1-3-16(4-2)12-8-9-13-11(10-12)6-5-7-14(13)15/h5-10H,3-4,15H2,1-2H3. The van der Waals surface area contributed by atoms with Crippen LogP contribution in [0.25, 0.3) is 10.8 Å². The van der Waals surface area contributed by atoms with E-state index in [1.54, 1.807) is 0 Å². The van der Waals surface area contributed by atoms with Crippen molar-refractivity contribution in [2.24, 2.45) is 0 Å². The molecule has 0 radical (unpaired) electrons. The molecule has 2 aromatic rings. The predicted octanol–water partition coefficient (Wildman–Crippen LogP) is 3.27. The minimum atomic E-state index is 0.851. The van der Waals surface area contributed by atoms with Crippen molar-refractivity contribution >= 4 is 22.1 Å². The van der Waals surface area contributed by atoms with Crippen molar-refractivity contribution in [2.75, 3.05) is 23.7 Å². The van der Waals surface area contributed by atoms with Crippen LogP contribution in [0.5, 0.6) is 0 Å². The summed E-state index contributed by atoms with van der Waals surface area (Å²) in [6.07, 6.45) is 0. The molecule has 0 fully saturated rings. The average molecular weight is 214 g/mol. The maximum absolute atomic E-state index is 5.93. The van der Waals surface area contributed by atoms with Gasteiger partial charge in [0, 0.05) is 29.9 Å². The number of fused-ring (bicyclic) bond motifs is 1. The Bertz CT molecular complexity index is 487. The molecule has 2 rings (SSSR count). The van der Waals surface area contributed by atoms with Crippen molar-refractivity contribution in [2.45, 2.75) is 13.8 Å². The van der Waals surface area contributed by atoms with E-state index >= 15 is 0 Å². The van der Waals surface area contributed by atoms with Crippen LogP contribution in [0, 0.1) is 0 Å². The molecule has 0 aliphatic carbocycles. The Morgan fingerprint density at radius 1 is 1.06 bits per heavy atom. The summed E-state index contributed by atoms with van der Waals surface area (Å²) in [5, 5.41) is 2.35. The SMILES string of the molecule is CCN(CC)c1ccc2c(N)cccc2c1. The molecule has 16 heavy (non-hydrogen) atoms. The second-order valence-corrected chi connectivity index (χ2v) is 3.92. The zero-order valence-electron chi connectivity index (χ0n) is 9.90. The summed E-state index contributed by atoms with van der Waals surface area (Å²) in [4.78, 5) is 2.34. The van der Waals surface area contributed by atoms with Gasteiger partial charge in [0.15, 0.2) is 0 Å². The molecule has 0 heterocycles. The first-order valence-electron chi connectivity index (χ1n) is 5.79. The van der Waals surface area contributed by atoms with E-state index in [4.69, 9.17) is 5.73 Å². The Kier molecular flexibility index (Phi) is 3.00. The minimum Gasteiger partial charge on any atom is -0.398 e. The van der Waals surface area contributed by atoms with Crippen LogP contribution in [0.2, 0.25) is 0 Å². The van der Waals surface area contributed by atoms with Gasteiger partial charge in [-0.2, -0.15) is 0 Å². The lowest BCUT2D eigenvalue weighted by Crippen LogP contribution is -2.21. The lowest BCUT2D eigenvalue weighted by Gasteiger charge is -2.21. The first-order chi connectivity index (χ1) is 7.76. The molecule has 2 N–H and O–H groups in total. The number of rotatable bonds is 3. The molecule has 2 nitrogen and oxygen atoms in total. The average Bonchev–Trinajstić information content (AvgIpc) is 2.31. The van der Waals surface area contributed by atoms with Crippen molar-refractivity contribution in [3.8, 4) is 0 Å². The van der Waals surface area contributed by atoms with Crippen LogP contribution < -0.4 is 10.6 Å². The van der Waals surface area contributed by atoms with Crippen LogP contribution in [-0.2, 0) is 0 Å². The number of benzene rings is 2. The second-order valence-electron chi connectivity index (χ2n) is 3.92. The molecule has 0 bridgehead atoms. The van der Waals surface area contributed by atoms with E-state index in [0.29, 0.717) is 0 Å². The summed E-state index contributed by atoms with van der Waals surface area (Å²) in [6.45, 7) is 6.41. The fraction of sp³-hybridized carbons (Fsp3) is 0.286. The third-order valence-electron chi connectivity index (χ3n) is 3.03. The molecule has 84 valence electrons. The highest BCUT2D eigenvalue weighted by atomic mass is 15.1. The normalized spacial score (nSPS) is 10.6. The van der Waals surface area contributed by atoms with Gasteiger partial charge in [0.05, 0.1) is 0 Å². The van der Waals surface area contributed by atoms with Gasteiger partial charge in [-0.15, -0.1) is 0 Å². The third kappa shape index (κ3) is 1.83. The number of nitrogen functional groups attached to an aromatic ring is 1. The number of nitrogens with two attached hydrogens (primary N) is 1. The Balaban J connectivity index is 2.52. The zero-order chi connectivity index (χ0) is 11.5. The van der Waals surface area contributed by atoms with Crippen molar-refractivity contribution in [1.82, 2.24) is 0 Å². The topological polar surface area (TPSA) is 29.3 Å². The highest BCUT2D eigenvalue weighted by molar-refractivity contribution is 5.94. The molecule has 0 atom stereocenters. The smallest absolute Gasteiger partial charge is 0.0393 e. The highest BCUT2D eigenvalue weighted by Gasteiger charge is 2.03. The maximum atomic E-state index is 5.93. The van der Waals surface area contributed by atoms with Crippen LogP contribution in [-0.4, -0.2) is 13.1 Å². The van der Waals surface area contributed by atoms with Gasteiger partial charge in [-0.05, 0) is 37.4 Å². The maximum Gasteiger partial charge on any atom is 0.0393 e. The number of hydrogen-bond acceptors (Lipinski definition) is 2. The number of nitrogens with zero attached hydrogens (tertiary/aromatic N) is 1. The van der Waals surface area contributed by atoms with Crippen LogP contribution in [0.1, 0.15) is 13.8 Å². The summed E-state index contributed by atoms with van der Waals surface area (Å²) >= 11 is 0. The summed E-state index contributed by atoms with van der Waals surface area (Å²) in [5.74, 6) is 0. The molecule has 0 aliphatic rings. The molecular weight excluding hydrogens is 196 g/mol. The number of anilines is 2. The Hall–Kier alpha value is -1.70. The van der Waals surface area contributed by atoms with Gasteiger partial charge in [-0.3, -0.25) is 0 Å². The van der Waals surface area contributed by atoms with E-state index in [1.807, 2.05) is 12.1 Å². The van der Waals surface area contributed by atoms with E-state index < -0.39 is 0 Å². The lowest BCUT2D eigenvalue weighted by atomic mass is 10.1. The molecule has 0 aromatic heterocycles. The van der Waals surface area contributed by atoms with Crippen molar-refractivity contribution in [3.05, 3.63) is 36.4 Å². The number of hydrogen-bond donors (Lipinski definition) is 1. The van der Waals surface area contributed by atoms with Crippen molar-refractivity contribution in [3.63, 3.8) is 0 Å². The zero-order valence-corrected chi connectivity index (χ0v) is 9.90. The lowest BCUT2D eigenvalue weighted by molar-refractivity contribution is 0.867. The first-order valence-corrected chi connectivity index (χ1v) is 5.79. The largest absolute Gasteiger partial charge is 0.398 e. The molecule has 0 aliphatic heterocycles. The minimum absolute atomic E-state index is 0.851. The van der Waals surface area contributed by atoms with Gasteiger partial charge < -0.3 is 10.6 Å². The Morgan fingerprint density at radius 3 is 2.50 bits per heavy atom.